The van der Waals surface area contributed by atoms with Gasteiger partial charge in [-0.1, -0.05) is 6.07 Å². The van der Waals surface area contributed by atoms with Crippen molar-refractivity contribution in [1.29, 1.82) is 0 Å². The summed E-state index contributed by atoms with van der Waals surface area (Å²) in [7, 11) is 0. The van der Waals surface area contributed by atoms with Gasteiger partial charge in [-0.05, 0) is 43.4 Å². The van der Waals surface area contributed by atoms with Gasteiger partial charge in [0.25, 0.3) is 0 Å². The average molecular weight is 280 g/mol. The summed E-state index contributed by atoms with van der Waals surface area (Å²) in [6.07, 6.45) is 2.20. The van der Waals surface area contributed by atoms with Crippen LogP contribution in [0.1, 0.15) is 30.1 Å². The fourth-order valence-corrected chi connectivity index (χ4v) is 3.26. The molecule has 0 aliphatic carbocycles. The molecule has 0 atom stereocenters. The number of carbonyl (C=O) groups is 1. The Morgan fingerprint density at radius 1 is 1.47 bits per heavy atom. The molecule has 1 aliphatic rings. The highest BCUT2D eigenvalue weighted by atomic mass is 32.2. The molecule has 0 aromatic heterocycles. The van der Waals surface area contributed by atoms with Crippen LogP contribution in [0.2, 0.25) is 0 Å². The third-order valence-electron chi connectivity index (χ3n) is 3.16. The highest BCUT2D eigenvalue weighted by Crippen LogP contribution is 2.28. The lowest BCUT2D eigenvalue weighted by Crippen LogP contribution is -2.26. The van der Waals surface area contributed by atoms with Crippen molar-refractivity contribution in [2.24, 2.45) is 0 Å². The molecule has 1 saturated heterocycles. The first kappa shape index (κ1) is 14.1. The Kier molecular flexibility index (Phi) is 4.96. The molecule has 4 nitrogen and oxygen atoms in total. The first-order valence-corrected chi connectivity index (χ1v) is 7.77. The number of para-hydroxylation sites is 1. The SMILES string of the molecule is CCOC(=O)c1cccc(N)c1NC1CCSCC1. The molecule has 3 N–H and O–H groups in total. The molecule has 19 heavy (non-hydrogen) atoms. The smallest absolute Gasteiger partial charge is 0.340 e. The highest BCUT2D eigenvalue weighted by Gasteiger charge is 2.19. The molecule has 5 heteroatoms. The van der Waals surface area contributed by atoms with Gasteiger partial charge in [0.2, 0.25) is 0 Å². The quantitative estimate of drug-likeness (QED) is 0.656. The van der Waals surface area contributed by atoms with Crippen molar-refractivity contribution in [2.45, 2.75) is 25.8 Å². The minimum atomic E-state index is -0.317. The molecule has 0 spiro atoms. The van der Waals surface area contributed by atoms with E-state index in [9.17, 15) is 4.79 Å². The van der Waals surface area contributed by atoms with Gasteiger partial charge in [-0.25, -0.2) is 4.79 Å². The number of nitrogens with two attached hydrogens (primary N) is 1. The Balaban J connectivity index is 2.19. The molecule has 1 fully saturated rings. The van der Waals surface area contributed by atoms with Crippen LogP contribution in [0.25, 0.3) is 0 Å². The van der Waals surface area contributed by atoms with Crippen LogP contribution in [0.3, 0.4) is 0 Å². The fourth-order valence-electron chi connectivity index (χ4n) is 2.16. The minimum Gasteiger partial charge on any atom is -0.462 e. The fraction of sp³-hybridized carbons (Fsp3) is 0.500. The largest absolute Gasteiger partial charge is 0.462 e. The molecule has 0 saturated carbocycles. The second kappa shape index (κ2) is 6.70. The van der Waals surface area contributed by atoms with Crippen molar-refractivity contribution in [3.8, 4) is 0 Å². The van der Waals surface area contributed by atoms with E-state index in [1.165, 1.54) is 0 Å². The lowest BCUT2D eigenvalue weighted by molar-refractivity contribution is 0.0527. The number of ether oxygens (including phenoxy) is 1. The van der Waals surface area contributed by atoms with Gasteiger partial charge >= 0.3 is 5.97 Å². The average Bonchev–Trinajstić information content (AvgIpc) is 2.42. The molecule has 1 aromatic rings. The summed E-state index contributed by atoms with van der Waals surface area (Å²) in [4.78, 5) is 11.9. The number of esters is 1. The van der Waals surface area contributed by atoms with E-state index in [0.29, 0.717) is 23.9 Å². The van der Waals surface area contributed by atoms with Gasteiger partial charge in [0, 0.05) is 6.04 Å². The van der Waals surface area contributed by atoms with E-state index in [1.54, 1.807) is 19.1 Å². The van der Waals surface area contributed by atoms with Gasteiger partial charge < -0.3 is 15.8 Å². The van der Waals surface area contributed by atoms with Gasteiger partial charge in [0.15, 0.2) is 0 Å². The third-order valence-corrected chi connectivity index (χ3v) is 4.21. The Labute approximate surface area is 118 Å². The maximum atomic E-state index is 11.9. The summed E-state index contributed by atoms with van der Waals surface area (Å²) in [6.45, 7) is 2.17. The molecular weight excluding hydrogens is 260 g/mol. The summed E-state index contributed by atoms with van der Waals surface area (Å²) < 4.78 is 5.07. The standard InChI is InChI=1S/C14H20N2O2S/c1-2-18-14(17)11-4-3-5-12(15)13(11)16-10-6-8-19-9-7-10/h3-5,10,16H,2,6-9,15H2,1H3. The summed E-state index contributed by atoms with van der Waals surface area (Å²) in [5.41, 5.74) is 7.85. The van der Waals surface area contributed by atoms with Crippen LogP contribution >= 0.6 is 11.8 Å². The number of hydrogen-bond donors (Lipinski definition) is 2. The molecule has 1 aliphatic heterocycles. The number of nitrogens with one attached hydrogen (secondary N) is 1. The van der Waals surface area contributed by atoms with Crippen molar-refractivity contribution < 1.29 is 9.53 Å². The number of anilines is 2. The molecule has 0 unspecified atom stereocenters. The summed E-state index contributed by atoms with van der Waals surface area (Å²) in [5, 5.41) is 3.42. The molecule has 1 heterocycles. The highest BCUT2D eigenvalue weighted by molar-refractivity contribution is 7.99. The van der Waals surface area contributed by atoms with Gasteiger partial charge in [0.05, 0.1) is 23.5 Å². The van der Waals surface area contributed by atoms with Crippen molar-refractivity contribution >= 4 is 29.1 Å². The van der Waals surface area contributed by atoms with Crippen molar-refractivity contribution in [2.75, 3.05) is 29.2 Å². The van der Waals surface area contributed by atoms with E-state index < -0.39 is 0 Å². The Hall–Kier alpha value is -1.36. The van der Waals surface area contributed by atoms with E-state index in [4.69, 9.17) is 10.5 Å². The molecule has 104 valence electrons. The summed E-state index contributed by atoms with van der Waals surface area (Å²) in [5.74, 6) is 1.99. The molecule has 0 radical (unpaired) electrons. The van der Waals surface area contributed by atoms with Gasteiger partial charge in [0.1, 0.15) is 0 Å². The number of hydrogen-bond acceptors (Lipinski definition) is 5. The molecule has 0 bridgehead atoms. The monoisotopic (exact) mass is 280 g/mol. The minimum absolute atomic E-state index is 0.317. The van der Waals surface area contributed by atoms with E-state index in [1.807, 2.05) is 17.8 Å². The van der Waals surface area contributed by atoms with Gasteiger partial charge in [-0.15, -0.1) is 0 Å². The Morgan fingerprint density at radius 3 is 2.89 bits per heavy atom. The number of nitrogen functional groups attached to an aromatic ring is 1. The predicted molar refractivity (Wildman–Crippen MR) is 80.8 cm³/mol. The first-order chi connectivity index (χ1) is 9.22. The number of benzene rings is 1. The lowest BCUT2D eigenvalue weighted by atomic mass is 10.1. The second-order valence-electron chi connectivity index (χ2n) is 4.52. The van der Waals surface area contributed by atoms with E-state index in [2.05, 4.69) is 5.32 Å². The second-order valence-corrected chi connectivity index (χ2v) is 5.75. The number of rotatable bonds is 4. The molecular formula is C14H20N2O2S. The number of carbonyl (C=O) groups excluding carboxylic acids is 1. The van der Waals surface area contributed by atoms with E-state index in [-0.39, 0.29) is 5.97 Å². The predicted octanol–water partition coefficient (Wildman–Crippen LogP) is 2.75. The van der Waals surface area contributed by atoms with Crippen LogP contribution < -0.4 is 11.1 Å². The number of thioether (sulfide) groups is 1. The first-order valence-electron chi connectivity index (χ1n) is 6.62. The van der Waals surface area contributed by atoms with Crippen LogP contribution in [-0.4, -0.2) is 30.1 Å². The van der Waals surface area contributed by atoms with Gasteiger partial charge in [-0.3, -0.25) is 0 Å². The van der Waals surface area contributed by atoms with Crippen molar-refractivity contribution in [3.63, 3.8) is 0 Å². The zero-order chi connectivity index (χ0) is 13.7. The topological polar surface area (TPSA) is 64.3 Å². The van der Waals surface area contributed by atoms with Crippen LogP contribution in [0, 0.1) is 0 Å². The van der Waals surface area contributed by atoms with Crippen molar-refractivity contribution in [3.05, 3.63) is 23.8 Å². The maximum absolute atomic E-state index is 11.9. The van der Waals surface area contributed by atoms with Gasteiger partial charge in [-0.2, -0.15) is 11.8 Å². The summed E-state index contributed by atoms with van der Waals surface area (Å²) in [6, 6.07) is 5.74. The Morgan fingerprint density at radius 2 is 2.21 bits per heavy atom. The molecule has 0 amide bonds. The third kappa shape index (κ3) is 3.56. The van der Waals surface area contributed by atoms with Crippen LogP contribution in [0.4, 0.5) is 11.4 Å². The summed E-state index contributed by atoms with van der Waals surface area (Å²) >= 11 is 1.97. The lowest BCUT2D eigenvalue weighted by Gasteiger charge is -2.25. The normalized spacial score (nSPS) is 16.1. The van der Waals surface area contributed by atoms with Crippen LogP contribution in [-0.2, 0) is 4.74 Å². The zero-order valence-electron chi connectivity index (χ0n) is 11.1. The Bertz CT molecular complexity index is 445. The van der Waals surface area contributed by atoms with E-state index in [0.717, 1.165) is 30.0 Å². The van der Waals surface area contributed by atoms with Crippen LogP contribution in [0.15, 0.2) is 18.2 Å². The van der Waals surface area contributed by atoms with Crippen molar-refractivity contribution in [1.82, 2.24) is 0 Å². The zero-order valence-corrected chi connectivity index (χ0v) is 12.0. The molecule has 2 rings (SSSR count). The molecule has 1 aromatic carbocycles. The maximum Gasteiger partial charge on any atom is 0.340 e. The van der Waals surface area contributed by atoms with Crippen LogP contribution in [0.5, 0.6) is 0 Å². The van der Waals surface area contributed by atoms with E-state index >= 15 is 0 Å².